The number of carbonyl (C=O) groups excluding carboxylic acids is 1. The molecule has 58 heavy (non-hydrogen) atoms. The van der Waals surface area contributed by atoms with Crippen molar-refractivity contribution in [3.05, 3.63) is 131 Å². The van der Waals surface area contributed by atoms with E-state index in [-0.39, 0.29) is 51.0 Å². The Morgan fingerprint density at radius 3 is 2.55 bits per heavy atom. The number of aliphatic hydroxyl groups excluding tert-OH is 1. The molecule has 0 aliphatic heterocycles. The number of esters is 1. The number of hydrogen-bond donors (Lipinski definition) is 2. The predicted octanol–water partition coefficient (Wildman–Crippen LogP) is 9.54. The van der Waals surface area contributed by atoms with Gasteiger partial charge in [0.05, 0.1) is 35.4 Å². The highest BCUT2D eigenvalue weighted by Crippen LogP contribution is 2.40. The molecule has 1 unspecified atom stereocenters. The van der Waals surface area contributed by atoms with Gasteiger partial charge in [0.2, 0.25) is 0 Å². The number of aromatic amines is 1. The maximum absolute atomic E-state index is 16.3. The lowest BCUT2D eigenvalue weighted by Crippen LogP contribution is -2.23. The number of benzene rings is 4. The van der Waals surface area contributed by atoms with E-state index in [2.05, 4.69) is 10.2 Å². The van der Waals surface area contributed by atoms with E-state index in [1.807, 2.05) is 45.0 Å². The van der Waals surface area contributed by atoms with Gasteiger partial charge in [-0.15, -0.1) is 0 Å². The third-order valence-electron chi connectivity index (χ3n) is 9.51. The Morgan fingerprint density at radius 1 is 1.02 bits per heavy atom. The Bertz CT molecular complexity index is 2450. The molecule has 306 valence electrons. The van der Waals surface area contributed by atoms with Crippen molar-refractivity contribution in [3.8, 4) is 22.8 Å². The van der Waals surface area contributed by atoms with Gasteiger partial charge in [0, 0.05) is 65.9 Å². The standard InChI is InChI=1S/C44H47F2N3O7S2/c1-5-55-42(51)16-11-30-7-6-8-31(23-30)41(50)19-22-54-27-44(3,4)28-57-26-36-34-18-21-49(58(52,53)33-13-9-29(2)10-14-33)40(34)25-38(46)43(36)56-32-12-15-37(45)35(24-32)39-17-20-47-48-39/h6-10,12-15,17-18,20-21,23-25,41,50H,5,11,16,19,22,26-28H2,1-4H3,(H,47,48). The normalized spacial score (nSPS) is 12.5. The number of fused-ring (bicyclic) bond motifs is 1. The van der Waals surface area contributed by atoms with E-state index in [0.29, 0.717) is 55.1 Å². The second kappa shape index (κ2) is 18.7. The number of H-pyrrole nitrogens is 1. The van der Waals surface area contributed by atoms with Crippen LogP contribution in [0.25, 0.3) is 22.2 Å². The summed E-state index contributed by atoms with van der Waals surface area (Å²) in [5.41, 5.74) is 3.36. The van der Waals surface area contributed by atoms with Crippen LogP contribution >= 0.6 is 11.8 Å². The van der Waals surface area contributed by atoms with Crippen molar-refractivity contribution in [2.75, 3.05) is 25.6 Å². The van der Waals surface area contributed by atoms with Crippen LogP contribution < -0.4 is 4.74 Å². The molecule has 0 bridgehead atoms. The zero-order valence-corrected chi connectivity index (χ0v) is 34.5. The molecule has 0 saturated heterocycles. The summed E-state index contributed by atoms with van der Waals surface area (Å²) < 4.78 is 77.0. The number of aliphatic hydroxyl groups is 1. The highest BCUT2D eigenvalue weighted by atomic mass is 32.2. The summed E-state index contributed by atoms with van der Waals surface area (Å²) in [7, 11) is -4.07. The van der Waals surface area contributed by atoms with Crippen molar-refractivity contribution in [3.63, 3.8) is 0 Å². The zero-order chi connectivity index (χ0) is 41.5. The second-order valence-electron chi connectivity index (χ2n) is 14.8. The van der Waals surface area contributed by atoms with Gasteiger partial charge in [-0.2, -0.15) is 16.9 Å². The van der Waals surface area contributed by atoms with Gasteiger partial charge in [-0.05, 0) is 79.3 Å². The number of hydrogen-bond acceptors (Lipinski definition) is 9. The molecule has 0 saturated carbocycles. The lowest BCUT2D eigenvalue weighted by atomic mass is 9.98. The molecule has 4 aromatic carbocycles. The Labute approximate surface area is 341 Å². The van der Waals surface area contributed by atoms with Crippen LogP contribution in [0.15, 0.2) is 102 Å². The third-order valence-corrected chi connectivity index (χ3v) is 12.7. The highest BCUT2D eigenvalue weighted by Gasteiger charge is 2.26. The Hall–Kier alpha value is -5.02. The van der Waals surface area contributed by atoms with Crippen LogP contribution in [0.4, 0.5) is 8.78 Å². The van der Waals surface area contributed by atoms with Gasteiger partial charge >= 0.3 is 5.97 Å². The van der Waals surface area contributed by atoms with Gasteiger partial charge in [-0.1, -0.05) is 55.8 Å². The smallest absolute Gasteiger partial charge is 0.306 e. The lowest BCUT2D eigenvalue weighted by Gasteiger charge is -2.25. The summed E-state index contributed by atoms with van der Waals surface area (Å²) in [6, 6.07) is 22.4. The van der Waals surface area contributed by atoms with Crippen molar-refractivity contribution in [2.24, 2.45) is 5.41 Å². The molecule has 0 fully saturated rings. The maximum Gasteiger partial charge on any atom is 0.306 e. The fourth-order valence-corrected chi connectivity index (χ4v) is 9.04. The number of carbonyl (C=O) groups is 1. The first-order valence-corrected chi connectivity index (χ1v) is 21.6. The van der Waals surface area contributed by atoms with E-state index in [4.69, 9.17) is 14.2 Å². The number of aryl methyl sites for hydroxylation is 2. The molecule has 2 heterocycles. The molecule has 0 radical (unpaired) electrons. The minimum absolute atomic E-state index is 0.0679. The van der Waals surface area contributed by atoms with Crippen LogP contribution in [0.3, 0.4) is 0 Å². The first-order valence-electron chi connectivity index (χ1n) is 19.0. The topological polar surface area (TPSA) is 133 Å². The van der Waals surface area contributed by atoms with Crippen LogP contribution in [-0.4, -0.2) is 59.2 Å². The average Bonchev–Trinajstić information content (AvgIpc) is 3.89. The highest BCUT2D eigenvalue weighted by molar-refractivity contribution is 7.98. The van der Waals surface area contributed by atoms with E-state index < -0.39 is 27.8 Å². The summed E-state index contributed by atoms with van der Waals surface area (Å²) in [6.45, 7) is 8.75. The van der Waals surface area contributed by atoms with Gasteiger partial charge in [-0.25, -0.2) is 21.2 Å². The summed E-state index contributed by atoms with van der Waals surface area (Å²) in [5.74, 6) is -0.654. The quantitative estimate of drug-likeness (QED) is 0.0605. The number of nitrogens with one attached hydrogen (secondary N) is 1. The molecule has 0 aliphatic rings. The lowest BCUT2D eigenvalue weighted by molar-refractivity contribution is -0.143. The van der Waals surface area contributed by atoms with Crippen molar-refractivity contribution in [1.82, 2.24) is 14.2 Å². The molecule has 10 nitrogen and oxygen atoms in total. The zero-order valence-electron chi connectivity index (χ0n) is 32.8. The molecular weight excluding hydrogens is 785 g/mol. The van der Waals surface area contributed by atoms with E-state index >= 15 is 4.39 Å². The van der Waals surface area contributed by atoms with Gasteiger partial charge in [-0.3, -0.25) is 9.89 Å². The summed E-state index contributed by atoms with van der Waals surface area (Å²) in [6.07, 6.45) is 3.40. The summed E-state index contributed by atoms with van der Waals surface area (Å²) >= 11 is 1.51. The van der Waals surface area contributed by atoms with E-state index in [9.17, 15) is 22.7 Å². The average molecular weight is 832 g/mol. The monoisotopic (exact) mass is 831 g/mol. The summed E-state index contributed by atoms with van der Waals surface area (Å²) in [5, 5.41) is 18.1. The van der Waals surface area contributed by atoms with E-state index in [1.54, 1.807) is 37.4 Å². The van der Waals surface area contributed by atoms with Crippen molar-refractivity contribution < 1.29 is 41.3 Å². The molecule has 14 heteroatoms. The van der Waals surface area contributed by atoms with Crippen molar-refractivity contribution >= 4 is 38.7 Å². The van der Waals surface area contributed by atoms with Gasteiger partial charge in [0.15, 0.2) is 11.6 Å². The molecule has 0 aliphatic carbocycles. The number of aromatic nitrogens is 3. The predicted molar refractivity (Wildman–Crippen MR) is 221 cm³/mol. The molecule has 0 amide bonds. The number of ether oxygens (including phenoxy) is 3. The van der Waals surface area contributed by atoms with Crippen LogP contribution in [-0.2, 0) is 36.5 Å². The number of rotatable bonds is 19. The Kier molecular flexibility index (Phi) is 13.7. The van der Waals surface area contributed by atoms with Crippen LogP contribution in [0, 0.1) is 24.0 Å². The van der Waals surface area contributed by atoms with Gasteiger partial charge in [0.25, 0.3) is 10.0 Å². The first kappa shape index (κ1) is 42.6. The van der Waals surface area contributed by atoms with Gasteiger partial charge in [0.1, 0.15) is 11.6 Å². The minimum Gasteiger partial charge on any atom is -0.466 e. The molecule has 1 atom stereocenters. The Balaban J connectivity index is 1.17. The number of thioether (sulfide) groups is 1. The largest absolute Gasteiger partial charge is 0.466 e. The van der Waals surface area contributed by atoms with Crippen molar-refractivity contribution in [2.45, 2.75) is 63.7 Å². The molecular formula is C44H47F2N3O7S2. The SMILES string of the molecule is CCOC(=O)CCc1cccc(C(O)CCOCC(C)(C)CSCc2c(Oc3ccc(F)c(-c4cc[nH]n4)c3)c(F)cc3c2ccn3S(=O)(=O)c2ccc(C)cc2)c1. The molecule has 6 rings (SSSR count). The fraction of sp³-hybridized carbons (Fsp3) is 0.318. The molecule has 6 aromatic rings. The van der Waals surface area contributed by atoms with Crippen LogP contribution in [0.2, 0.25) is 0 Å². The van der Waals surface area contributed by atoms with E-state index in [0.717, 1.165) is 26.7 Å². The fourth-order valence-electron chi connectivity index (χ4n) is 6.47. The Morgan fingerprint density at radius 2 is 1.81 bits per heavy atom. The minimum atomic E-state index is -4.07. The van der Waals surface area contributed by atoms with Crippen LogP contribution in [0.5, 0.6) is 11.5 Å². The molecule has 0 spiro atoms. The number of nitrogens with zero attached hydrogens (tertiary/aromatic N) is 2. The van der Waals surface area contributed by atoms with Crippen molar-refractivity contribution in [1.29, 1.82) is 0 Å². The molecule has 2 N–H and O–H groups in total. The number of halogens is 2. The first-order chi connectivity index (χ1) is 27.8. The molecule has 2 aromatic heterocycles. The van der Waals surface area contributed by atoms with Gasteiger partial charge < -0.3 is 19.3 Å². The second-order valence-corrected chi connectivity index (χ2v) is 17.6. The maximum atomic E-state index is 16.3. The summed E-state index contributed by atoms with van der Waals surface area (Å²) in [4.78, 5) is 11.8. The third kappa shape index (κ3) is 10.3. The van der Waals surface area contributed by atoms with Crippen LogP contribution in [0.1, 0.15) is 62.0 Å². The van der Waals surface area contributed by atoms with E-state index in [1.165, 1.54) is 48.3 Å².